The van der Waals surface area contributed by atoms with Crippen LogP contribution in [0.1, 0.15) is 36.7 Å². The van der Waals surface area contributed by atoms with Crippen molar-refractivity contribution in [1.82, 2.24) is 18.9 Å². The zero-order valence-electron chi connectivity index (χ0n) is 16.4. The number of carbonyl (C=O) groups is 2. The molecule has 1 atom stereocenters. The van der Waals surface area contributed by atoms with Crippen LogP contribution >= 0.6 is 0 Å². The Balaban J connectivity index is 1.97. The molecule has 27 heavy (non-hydrogen) atoms. The van der Waals surface area contributed by atoms with Gasteiger partial charge in [0.25, 0.3) is 5.91 Å². The smallest absolute Gasteiger partial charge is 0.328 e. The second kappa shape index (κ2) is 6.44. The zero-order valence-corrected chi connectivity index (χ0v) is 16.4. The molecule has 1 aromatic carbocycles. The van der Waals surface area contributed by atoms with Crippen molar-refractivity contribution in [3.63, 3.8) is 0 Å². The molecule has 0 saturated carbocycles. The molecule has 3 heterocycles. The molecule has 0 N–H and O–H groups in total. The van der Waals surface area contributed by atoms with Crippen molar-refractivity contribution in [2.45, 2.75) is 32.2 Å². The first-order chi connectivity index (χ1) is 12.9. The third kappa shape index (κ3) is 2.62. The molecule has 1 saturated heterocycles. The molecule has 2 amide bonds. The Kier molecular flexibility index (Phi) is 4.21. The SMILES string of the molecule is C[C@@H]1CCCCN1C(=O)c1cc2c(c3ccccc3n2C)n1C(=O)N(C)C. The predicted molar refractivity (Wildman–Crippen MR) is 107 cm³/mol. The molecule has 142 valence electrons. The summed E-state index contributed by atoms with van der Waals surface area (Å²) in [5, 5.41) is 0.982. The Hall–Kier alpha value is -2.76. The van der Waals surface area contributed by atoms with Crippen LogP contribution in [0, 0.1) is 0 Å². The maximum Gasteiger partial charge on any atom is 0.328 e. The van der Waals surface area contributed by atoms with Gasteiger partial charge in [-0.15, -0.1) is 0 Å². The number of para-hydroxylation sites is 1. The van der Waals surface area contributed by atoms with Crippen molar-refractivity contribution in [1.29, 1.82) is 0 Å². The molecule has 6 nitrogen and oxygen atoms in total. The van der Waals surface area contributed by atoms with Crippen LogP contribution in [0.2, 0.25) is 0 Å². The molecule has 1 aliphatic rings. The lowest BCUT2D eigenvalue weighted by atomic mass is 10.0. The highest BCUT2D eigenvalue weighted by Crippen LogP contribution is 2.32. The second-order valence-electron chi connectivity index (χ2n) is 7.70. The van der Waals surface area contributed by atoms with Crippen LogP contribution < -0.4 is 0 Å². The highest BCUT2D eigenvalue weighted by molar-refractivity contribution is 6.14. The third-order valence-electron chi connectivity index (χ3n) is 5.72. The molecule has 1 fully saturated rings. The van der Waals surface area contributed by atoms with Crippen LogP contribution in [0.15, 0.2) is 30.3 Å². The number of fused-ring (bicyclic) bond motifs is 3. The molecule has 0 bridgehead atoms. The van der Waals surface area contributed by atoms with Crippen LogP contribution in [0.4, 0.5) is 4.79 Å². The summed E-state index contributed by atoms with van der Waals surface area (Å²) < 4.78 is 3.65. The summed E-state index contributed by atoms with van der Waals surface area (Å²) in [5.74, 6) is -0.0577. The van der Waals surface area contributed by atoms with E-state index >= 15 is 0 Å². The number of hydrogen-bond donors (Lipinski definition) is 0. The standard InChI is InChI=1S/C21H26N4O2/c1-14-9-7-8-12-24(14)20(26)18-13-17-19(25(18)21(27)22(2)3)15-10-5-6-11-16(15)23(17)4/h5-6,10-11,13-14H,7-9,12H2,1-4H3/t14-/m1/s1. The molecule has 0 aliphatic carbocycles. The van der Waals surface area contributed by atoms with E-state index in [1.54, 1.807) is 18.7 Å². The van der Waals surface area contributed by atoms with Gasteiger partial charge in [0.1, 0.15) is 5.69 Å². The van der Waals surface area contributed by atoms with Crippen molar-refractivity contribution in [3.8, 4) is 0 Å². The molecule has 3 aromatic rings. The van der Waals surface area contributed by atoms with E-state index in [0.717, 1.165) is 47.7 Å². The Morgan fingerprint density at radius 2 is 1.85 bits per heavy atom. The summed E-state index contributed by atoms with van der Waals surface area (Å²) in [7, 11) is 5.42. The number of aryl methyl sites for hydroxylation is 1. The van der Waals surface area contributed by atoms with Gasteiger partial charge in [0, 0.05) is 39.1 Å². The summed E-state index contributed by atoms with van der Waals surface area (Å²) in [6.45, 7) is 2.84. The highest BCUT2D eigenvalue weighted by Gasteiger charge is 2.31. The van der Waals surface area contributed by atoms with Gasteiger partial charge in [-0.3, -0.25) is 9.36 Å². The number of piperidine rings is 1. The number of likely N-dealkylation sites (tertiary alicyclic amines) is 1. The number of nitrogens with zero attached hydrogens (tertiary/aromatic N) is 4. The van der Waals surface area contributed by atoms with E-state index in [4.69, 9.17) is 0 Å². The van der Waals surface area contributed by atoms with Crippen molar-refractivity contribution >= 4 is 33.9 Å². The Morgan fingerprint density at radius 3 is 2.56 bits per heavy atom. The molecule has 1 aliphatic heterocycles. The van der Waals surface area contributed by atoms with Gasteiger partial charge in [-0.2, -0.15) is 0 Å². The van der Waals surface area contributed by atoms with Crippen LogP contribution in [0.3, 0.4) is 0 Å². The number of carbonyl (C=O) groups excluding carboxylic acids is 2. The molecule has 0 spiro atoms. The van der Waals surface area contributed by atoms with Gasteiger partial charge >= 0.3 is 6.03 Å². The average Bonchev–Trinajstić information content (AvgIpc) is 3.18. The first-order valence-electron chi connectivity index (χ1n) is 9.53. The Labute approximate surface area is 158 Å². The number of rotatable bonds is 1. The lowest BCUT2D eigenvalue weighted by molar-refractivity contribution is 0.0626. The van der Waals surface area contributed by atoms with Crippen LogP contribution in [-0.2, 0) is 7.05 Å². The minimum absolute atomic E-state index is 0.0577. The van der Waals surface area contributed by atoms with Crippen molar-refractivity contribution in [2.24, 2.45) is 7.05 Å². The molecule has 0 radical (unpaired) electrons. The van der Waals surface area contributed by atoms with Crippen molar-refractivity contribution in [2.75, 3.05) is 20.6 Å². The van der Waals surface area contributed by atoms with Gasteiger partial charge in [-0.05, 0) is 38.3 Å². The van der Waals surface area contributed by atoms with E-state index in [2.05, 4.69) is 11.5 Å². The number of hydrogen-bond acceptors (Lipinski definition) is 2. The van der Waals surface area contributed by atoms with Crippen LogP contribution in [-0.4, -0.2) is 57.6 Å². The molecular formula is C21H26N4O2. The molecule has 2 aromatic heterocycles. The fourth-order valence-electron chi connectivity index (χ4n) is 4.21. The fourth-order valence-corrected chi connectivity index (χ4v) is 4.21. The van der Waals surface area contributed by atoms with E-state index in [-0.39, 0.29) is 18.0 Å². The number of amides is 2. The quantitative estimate of drug-likeness (QED) is 0.660. The highest BCUT2D eigenvalue weighted by atomic mass is 16.2. The van der Waals surface area contributed by atoms with Crippen LogP contribution in [0.5, 0.6) is 0 Å². The van der Waals surface area contributed by atoms with E-state index in [9.17, 15) is 9.59 Å². The largest absolute Gasteiger partial charge is 0.342 e. The predicted octanol–water partition coefficient (Wildman–Crippen LogP) is 3.68. The van der Waals surface area contributed by atoms with Crippen molar-refractivity contribution < 1.29 is 9.59 Å². The van der Waals surface area contributed by atoms with Gasteiger partial charge in [-0.25, -0.2) is 4.79 Å². The maximum atomic E-state index is 13.4. The maximum absolute atomic E-state index is 13.4. The number of aromatic nitrogens is 2. The monoisotopic (exact) mass is 366 g/mol. The molecule has 6 heteroatoms. The lowest BCUT2D eigenvalue weighted by Gasteiger charge is -2.33. The van der Waals surface area contributed by atoms with Crippen LogP contribution in [0.25, 0.3) is 21.9 Å². The zero-order chi connectivity index (χ0) is 19.3. The minimum atomic E-state index is -0.200. The summed E-state index contributed by atoms with van der Waals surface area (Å²) in [6, 6.07) is 9.87. The summed E-state index contributed by atoms with van der Waals surface area (Å²) in [5.41, 5.74) is 3.21. The summed E-state index contributed by atoms with van der Waals surface area (Å²) in [6.07, 6.45) is 3.17. The van der Waals surface area contributed by atoms with Crippen molar-refractivity contribution in [3.05, 3.63) is 36.0 Å². The second-order valence-corrected chi connectivity index (χ2v) is 7.70. The first-order valence-corrected chi connectivity index (χ1v) is 9.53. The van der Waals surface area contributed by atoms with Gasteiger partial charge in [-0.1, -0.05) is 18.2 Å². The van der Waals surface area contributed by atoms with Gasteiger partial charge in [0.2, 0.25) is 0 Å². The molecule has 0 unspecified atom stereocenters. The van der Waals surface area contributed by atoms with Gasteiger partial charge in [0.05, 0.1) is 16.6 Å². The van der Waals surface area contributed by atoms with E-state index in [0.29, 0.717) is 5.69 Å². The fraction of sp³-hybridized carbons (Fsp3) is 0.429. The molecular weight excluding hydrogens is 340 g/mol. The third-order valence-corrected chi connectivity index (χ3v) is 5.72. The summed E-state index contributed by atoms with van der Waals surface area (Å²) in [4.78, 5) is 29.9. The topological polar surface area (TPSA) is 50.5 Å². The van der Waals surface area contributed by atoms with Gasteiger partial charge < -0.3 is 14.4 Å². The van der Waals surface area contributed by atoms with E-state index < -0.39 is 0 Å². The Morgan fingerprint density at radius 1 is 1.11 bits per heavy atom. The minimum Gasteiger partial charge on any atom is -0.342 e. The lowest BCUT2D eigenvalue weighted by Crippen LogP contribution is -2.43. The van der Waals surface area contributed by atoms with Gasteiger partial charge in [0.15, 0.2) is 0 Å². The normalized spacial score (nSPS) is 17.6. The van der Waals surface area contributed by atoms with E-state index in [1.165, 1.54) is 4.90 Å². The first kappa shape index (κ1) is 17.6. The molecule has 4 rings (SSSR count). The summed E-state index contributed by atoms with van der Waals surface area (Å²) >= 11 is 0. The Bertz CT molecular complexity index is 1040. The average molecular weight is 366 g/mol. The van der Waals surface area contributed by atoms with E-state index in [1.807, 2.05) is 42.3 Å². The number of benzene rings is 1.